The third-order valence-electron chi connectivity index (χ3n) is 3.90. The van der Waals surface area contributed by atoms with Gasteiger partial charge < -0.3 is 15.1 Å². The minimum Gasteiger partial charge on any atom is -0.336 e. The maximum absolute atomic E-state index is 12.6. The minimum absolute atomic E-state index is 0.0532. The Morgan fingerprint density at radius 2 is 1.85 bits per heavy atom. The van der Waals surface area contributed by atoms with Gasteiger partial charge in [-0.1, -0.05) is 0 Å². The molecule has 1 N–H and O–H groups in total. The molecule has 0 saturated carbocycles. The Kier molecular flexibility index (Phi) is 4.48. The maximum atomic E-state index is 12.6. The van der Waals surface area contributed by atoms with E-state index in [1.165, 1.54) is 0 Å². The Bertz CT molecular complexity index is 429. The van der Waals surface area contributed by atoms with Crippen LogP contribution in [0.15, 0.2) is 0 Å². The highest BCUT2D eigenvalue weighted by Gasteiger charge is 2.40. The molecule has 0 radical (unpaired) electrons. The van der Waals surface area contributed by atoms with Crippen LogP contribution in [0.3, 0.4) is 0 Å². The van der Waals surface area contributed by atoms with Crippen molar-refractivity contribution in [3.63, 3.8) is 0 Å². The molecular formula is C14H22N4O2. The fourth-order valence-corrected chi connectivity index (χ4v) is 2.95. The standard InChI is InChI=1S/C14H22N4O2/c1-10(2)16-14(20)18-8-4-6-12(18)13(19)17-7-3-5-11(17)9-15/h10-12H,3-8H2,1-2H3,(H,16,20)/t11-,12-/m0/s1. The lowest BCUT2D eigenvalue weighted by Crippen LogP contribution is -2.52. The molecule has 2 saturated heterocycles. The molecule has 0 spiro atoms. The zero-order chi connectivity index (χ0) is 14.7. The summed E-state index contributed by atoms with van der Waals surface area (Å²) in [4.78, 5) is 28.0. The Hall–Kier alpha value is -1.77. The van der Waals surface area contributed by atoms with E-state index < -0.39 is 6.04 Å². The maximum Gasteiger partial charge on any atom is 0.318 e. The first-order chi connectivity index (χ1) is 9.54. The molecular weight excluding hydrogens is 256 g/mol. The van der Waals surface area contributed by atoms with Gasteiger partial charge in [-0.25, -0.2) is 4.79 Å². The van der Waals surface area contributed by atoms with Crippen LogP contribution in [0, 0.1) is 11.3 Å². The first-order valence-electron chi connectivity index (χ1n) is 7.32. The van der Waals surface area contributed by atoms with Gasteiger partial charge in [-0.3, -0.25) is 4.79 Å². The highest BCUT2D eigenvalue weighted by atomic mass is 16.2. The lowest BCUT2D eigenvalue weighted by Gasteiger charge is -2.29. The molecule has 0 bridgehead atoms. The molecule has 2 atom stereocenters. The number of hydrogen-bond acceptors (Lipinski definition) is 3. The number of nitriles is 1. The molecule has 110 valence electrons. The van der Waals surface area contributed by atoms with Gasteiger partial charge >= 0.3 is 6.03 Å². The second-order valence-corrected chi connectivity index (χ2v) is 5.77. The summed E-state index contributed by atoms with van der Waals surface area (Å²) in [5.74, 6) is -0.0644. The van der Waals surface area contributed by atoms with Crippen molar-refractivity contribution in [1.82, 2.24) is 15.1 Å². The summed E-state index contributed by atoms with van der Waals surface area (Å²) in [6.45, 7) is 5.04. The molecule has 0 aromatic carbocycles. The van der Waals surface area contributed by atoms with E-state index in [1.807, 2.05) is 13.8 Å². The summed E-state index contributed by atoms with van der Waals surface area (Å²) in [5, 5.41) is 11.9. The number of carbonyl (C=O) groups is 2. The Balaban J connectivity index is 2.05. The molecule has 20 heavy (non-hydrogen) atoms. The summed E-state index contributed by atoms with van der Waals surface area (Å²) in [5.41, 5.74) is 0. The smallest absolute Gasteiger partial charge is 0.318 e. The van der Waals surface area contributed by atoms with Gasteiger partial charge in [-0.2, -0.15) is 5.26 Å². The van der Waals surface area contributed by atoms with Crippen LogP contribution in [0.4, 0.5) is 4.79 Å². The van der Waals surface area contributed by atoms with E-state index in [4.69, 9.17) is 5.26 Å². The Labute approximate surface area is 119 Å². The lowest BCUT2D eigenvalue weighted by atomic mass is 10.1. The van der Waals surface area contributed by atoms with Crippen LogP contribution in [0.1, 0.15) is 39.5 Å². The number of urea groups is 1. The summed E-state index contributed by atoms with van der Waals surface area (Å²) >= 11 is 0. The van der Waals surface area contributed by atoms with Crippen molar-refractivity contribution < 1.29 is 9.59 Å². The van der Waals surface area contributed by atoms with E-state index in [-0.39, 0.29) is 24.0 Å². The zero-order valence-corrected chi connectivity index (χ0v) is 12.1. The summed E-state index contributed by atoms with van der Waals surface area (Å²) < 4.78 is 0. The van der Waals surface area contributed by atoms with Crippen molar-refractivity contribution in [1.29, 1.82) is 5.26 Å². The van der Waals surface area contributed by atoms with E-state index in [1.54, 1.807) is 9.80 Å². The first-order valence-corrected chi connectivity index (χ1v) is 7.32. The number of carbonyl (C=O) groups excluding carboxylic acids is 2. The van der Waals surface area contributed by atoms with Gasteiger partial charge in [0, 0.05) is 19.1 Å². The van der Waals surface area contributed by atoms with Crippen molar-refractivity contribution in [3.05, 3.63) is 0 Å². The zero-order valence-electron chi connectivity index (χ0n) is 12.1. The largest absolute Gasteiger partial charge is 0.336 e. The number of hydrogen-bond donors (Lipinski definition) is 1. The number of amides is 3. The average molecular weight is 278 g/mol. The minimum atomic E-state index is -0.400. The van der Waals surface area contributed by atoms with E-state index in [9.17, 15) is 9.59 Å². The fraction of sp³-hybridized carbons (Fsp3) is 0.786. The first kappa shape index (κ1) is 14.6. The lowest BCUT2D eigenvalue weighted by molar-refractivity contribution is -0.135. The van der Waals surface area contributed by atoms with Crippen LogP contribution in [0.2, 0.25) is 0 Å². The van der Waals surface area contributed by atoms with Crippen LogP contribution >= 0.6 is 0 Å². The van der Waals surface area contributed by atoms with Gasteiger partial charge in [0.25, 0.3) is 0 Å². The van der Waals surface area contributed by atoms with Crippen molar-refractivity contribution in [3.8, 4) is 6.07 Å². The highest BCUT2D eigenvalue weighted by Crippen LogP contribution is 2.24. The second-order valence-electron chi connectivity index (χ2n) is 5.77. The van der Waals surface area contributed by atoms with Gasteiger partial charge in [0.2, 0.25) is 5.91 Å². The molecule has 0 aromatic rings. The SMILES string of the molecule is CC(C)NC(=O)N1CCC[C@H]1C(=O)N1CCC[C@H]1C#N. The molecule has 0 aromatic heterocycles. The molecule has 2 fully saturated rings. The molecule has 2 heterocycles. The fourth-order valence-electron chi connectivity index (χ4n) is 2.95. The van der Waals surface area contributed by atoms with Crippen LogP contribution in [-0.4, -0.2) is 53.0 Å². The average Bonchev–Trinajstić information content (AvgIpc) is 3.05. The van der Waals surface area contributed by atoms with Crippen molar-refractivity contribution in [2.75, 3.05) is 13.1 Å². The normalized spacial score (nSPS) is 25.9. The molecule has 6 heteroatoms. The topological polar surface area (TPSA) is 76.4 Å². The molecule has 3 amide bonds. The van der Waals surface area contributed by atoms with Crippen LogP contribution in [0.5, 0.6) is 0 Å². The van der Waals surface area contributed by atoms with E-state index in [2.05, 4.69) is 11.4 Å². The Morgan fingerprint density at radius 3 is 2.50 bits per heavy atom. The quantitative estimate of drug-likeness (QED) is 0.821. The van der Waals surface area contributed by atoms with Crippen molar-refractivity contribution >= 4 is 11.9 Å². The third-order valence-corrected chi connectivity index (χ3v) is 3.90. The summed E-state index contributed by atoms with van der Waals surface area (Å²) in [6, 6.07) is 1.34. The second kappa shape index (κ2) is 6.12. The number of nitrogens with one attached hydrogen (secondary N) is 1. The van der Waals surface area contributed by atoms with E-state index in [0.29, 0.717) is 19.5 Å². The summed E-state index contributed by atoms with van der Waals surface area (Å²) in [7, 11) is 0. The number of rotatable bonds is 2. The van der Waals surface area contributed by atoms with Crippen LogP contribution < -0.4 is 5.32 Å². The Morgan fingerprint density at radius 1 is 1.20 bits per heavy atom. The number of nitrogens with zero attached hydrogens (tertiary/aromatic N) is 3. The van der Waals surface area contributed by atoms with Gasteiger partial charge in [0.15, 0.2) is 0 Å². The number of likely N-dealkylation sites (tertiary alicyclic amines) is 2. The van der Waals surface area contributed by atoms with Crippen molar-refractivity contribution in [2.24, 2.45) is 0 Å². The molecule has 2 aliphatic heterocycles. The predicted molar refractivity (Wildman–Crippen MR) is 73.7 cm³/mol. The van der Waals surface area contributed by atoms with Gasteiger partial charge in [-0.15, -0.1) is 0 Å². The highest BCUT2D eigenvalue weighted by molar-refractivity contribution is 5.88. The van der Waals surface area contributed by atoms with Crippen LogP contribution in [-0.2, 0) is 4.79 Å². The van der Waals surface area contributed by atoms with Crippen molar-refractivity contribution in [2.45, 2.75) is 57.7 Å². The van der Waals surface area contributed by atoms with Gasteiger partial charge in [-0.05, 0) is 39.5 Å². The van der Waals surface area contributed by atoms with E-state index >= 15 is 0 Å². The van der Waals surface area contributed by atoms with E-state index in [0.717, 1.165) is 19.3 Å². The predicted octanol–water partition coefficient (Wildman–Crippen LogP) is 1.08. The van der Waals surface area contributed by atoms with Gasteiger partial charge in [0.05, 0.1) is 6.07 Å². The molecule has 2 rings (SSSR count). The van der Waals surface area contributed by atoms with Crippen LogP contribution in [0.25, 0.3) is 0 Å². The third kappa shape index (κ3) is 2.87. The summed E-state index contributed by atoms with van der Waals surface area (Å²) in [6.07, 6.45) is 3.15. The molecule has 6 nitrogen and oxygen atoms in total. The molecule has 0 unspecified atom stereocenters. The molecule has 2 aliphatic rings. The van der Waals surface area contributed by atoms with Gasteiger partial charge in [0.1, 0.15) is 12.1 Å². The monoisotopic (exact) mass is 278 g/mol. The molecule has 0 aliphatic carbocycles.